The van der Waals surface area contributed by atoms with E-state index in [2.05, 4.69) is 4.90 Å². The summed E-state index contributed by atoms with van der Waals surface area (Å²) in [5, 5.41) is 1.81. The van der Waals surface area contributed by atoms with Crippen LogP contribution in [0.1, 0.15) is 5.56 Å². The lowest BCUT2D eigenvalue weighted by molar-refractivity contribution is 0.0342. The average molecular weight is 252 g/mol. The zero-order valence-electron chi connectivity index (χ0n) is 9.49. The summed E-state index contributed by atoms with van der Waals surface area (Å²) < 4.78 is 10.9. The number of fused-ring (bicyclic) bond motifs is 1. The minimum Gasteiger partial charge on any atom is -0.464 e. The molecule has 17 heavy (non-hydrogen) atoms. The molecule has 90 valence electrons. The molecule has 1 aliphatic rings. The third kappa shape index (κ3) is 2.18. The lowest BCUT2D eigenvalue weighted by Gasteiger charge is -2.26. The molecule has 4 heteroatoms. The maximum atomic E-state index is 6.22. The number of benzene rings is 1. The van der Waals surface area contributed by atoms with Gasteiger partial charge in [0, 0.05) is 30.6 Å². The minimum absolute atomic E-state index is 0.763. The van der Waals surface area contributed by atoms with Gasteiger partial charge in [-0.1, -0.05) is 17.7 Å². The van der Waals surface area contributed by atoms with Crippen molar-refractivity contribution < 1.29 is 9.15 Å². The van der Waals surface area contributed by atoms with Crippen LogP contribution in [0.25, 0.3) is 11.0 Å². The van der Waals surface area contributed by atoms with Crippen molar-refractivity contribution in [2.24, 2.45) is 0 Å². The van der Waals surface area contributed by atoms with E-state index < -0.39 is 0 Å². The molecule has 0 amide bonds. The van der Waals surface area contributed by atoms with Crippen LogP contribution in [0.5, 0.6) is 0 Å². The molecule has 0 radical (unpaired) electrons. The van der Waals surface area contributed by atoms with Crippen LogP contribution < -0.4 is 0 Å². The predicted octanol–water partition coefficient (Wildman–Crippen LogP) is 2.92. The Labute approximate surface area is 105 Å². The quantitative estimate of drug-likeness (QED) is 0.821. The fraction of sp³-hybridized carbons (Fsp3) is 0.385. The fourth-order valence-electron chi connectivity index (χ4n) is 2.22. The first-order valence-electron chi connectivity index (χ1n) is 5.79. The second-order valence-corrected chi connectivity index (χ2v) is 4.67. The third-order valence-corrected chi connectivity index (χ3v) is 3.44. The summed E-state index contributed by atoms with van der Waals surface area (Å²) in [6.45, 7) is 4.43. The standard InChI is InChI=1S/C13H14ClNO2/c14-11-2-1-3-12-13(11)10(9-17-12)8-15-4-6-16-7-5-15/h1-3,9H,4-8H2. The van der Waals surface area contributed by atoms with Gasteiger partial charge in [0.1, 0.15) is 5.58 Å². The molecule has 2 heterocycles. The number of ether oxygens (including phenoxy) is 1. The van der Waals surface area contributed by atoms with Crippen LogP contribution >= 0.6 is 11.6 Å². The van der Waals surface area contributed by atoms with E-state index in [0.717, 1.165) is 54.4 Å². The molecule has 2 aromatic rings. The van der Waals surface area contributed by atoms with Gasteiger partial charge in [-0.3, -0.25) is 4.90 Å². The van der Waals surface area contributed by atoms with E-state index in [1.54, 1.807) is 0 Å². The van der Waals surface area contributed by atoms with Crippen LogP contribution in [-0.4, -0.2) is 31.2 Å². The molecule has 1 aliphatic heterocycles. The molecule has 3 rings (SSSR count). The highest BCUT2D eigenvalue weighted by Gasteiger charge is 2.15. The molecule has 0 saturated carbocycles. The Morgan fingerprint density at radius 3 is 2.88 bits per heavy atom. The molecule has 0 atom stereocenters. The first kappa shape index (κ1) is 11.1. The van der Waals surface area contributed by atoms with Crippen molar-refractivity contribution in [2.45, 2.75) is 6.54 Å². The highest BCUT2D eigenvalue weighted by atomic mass is 35.5. The Morgan fingerprint density at radius 2 is 2.06 bits per heavy atom. The van der Waals surface area contributed by atoms with E-state index in [1.165, 1.54) is 0 Å². The van der Waals surface area contributed by atoms with Gasteiger partial charge >= 0.3 is 0 Å². The molecular formula is C13H14ClNO2. The molecule has 1 aromatic carbocycles. The van der Waals surface area contributed by atoms with E-state index in [-0.39, 0.29) is 0 Å². The maximum absolute atomic E-state index is 6.22. The molecular weight excluding hydrogens is 238 g/mol. The molecule has 0 unspecified atom stereocenters. The summed E-state index contributed by atoms with van der Waals surface area (Å²) in [5.41, 5.74) is 2.02. The summed E-state index contributed by atoms with van der Waals surface area (Å²) in [6, 6.07) is 5.76. The molecule has 1 fully saturated rings. The van der Waals surface area contributed by atoms with Gasteiger partial charge in [-0.15, -0.1) is 0 Å². The monoisotopic (exact) mass is 251 g/mol. The summed E-state index contributed by atoms with van der Waals surface area (Å²) in [5.74, 6) is 0. The molecule has 0 N–H and O–H groups in total. The van der Waals surface area contributed by atoms with Crippen LogP contribution in [0.15, 0.2) is 28.9 Å². The van der Waals surface area contributed by atoms with Crippen molar-refractivity contribution in [3.8, 4) is 0 Å². The van der Waals surface area contributed by atoms with Crippen molar-refractivity contribution >= 4 is 22.6 Å². The van der Waals surface area contributed by atoms with Crippen LogP contribution in [0.3, 0.4) is 0 Å². The fourth-order valence-corrected chi connectivity index (χ4v) is 2.51. The van der Waals surface area contributed by atoms with Gasteiger partial charge in [-0.05, 0) is 12.1 Å². The topological polar surface area (TPSA) is 25.6 Å². The largest absolute Gasteiger partial charge is 0.464 e. The van der Waals surface area contributed by atoms with Crippen molar-refractivity contribution in [1.29, 1.82) is 0 Å². The zero-order chi connectivity index (χ0) is 11.7. The second-order valence-electron chi connectivity index (χ2n) is 4.26. The molecule has 1 aromatic heterocycles. The first-order chi connectivity index (χ1) is 8.34. The molecule has 1 saturated heterocycles. The van der Waals surface area contributed by atoms with Crippen LogP contribution in [0, 0.1) is 0 Å². The van der Waals surface area contributed by atoms with Crippen molar-refractivity contribution in [1.82, 2.24) is 4.90 Å². The van der Waals surface area contributed by atoms with Crippen molar-refractivity contribution in [3.63, 3.8) is 0 Å². The number of morpholine rings is 1. The lowest BCUT2D eigenvalue weighted by atomic mass is 10.1. The highest BCUT2D eigenvalue weighted by Crippen LogP contribution is 2.29. The Balaban J connectivity index is 1.89. The Bertz CT molecular complexity index is 517. The van der Waals surface area contributed by atoms with Gasteiger partial charge in [-0.25, -0.2) is 0 Å². The van der Waals surface area contributed by atoms with Gasteiger partial charge in [0.05, 0.1) is 24.5 Å². The van der Waals surface area contributed by atoms with Crippen molar-refractivity contribution in [3.05, 3.63) is 35.0 Å². The Morgan fingerprint density at radius 1 is 1.24 bits per heavy atom. The van der Waals surface area contributed by atoms with Gasteiger partial charge in [0.25, 0.3) is 0 Å². The minimum atomic E-state index is 0.763. The normalized spacial score (nSPS) is 17.7. The number of hydrogen-bond acceptors (Lipinski definition) is 3. The van der Waals surface area contributed by atoms with E-state index in [4.69, 9.17) is 20.8 Å². The Hall–Kier alpha value is -1.03. The average Bonchev–Trinajstić information content (AvgIpc) is 2.75. The summed E-state index contributed by atoms with van der Waals surface area (Å²) >= 11 is 6.22. The van der Waals surface area contributed by atoms with E-state index in [9.17, 15) is 0 Å². The van der Waals surface area contributed by atoms with Gasteiger partial charge in [-0.2, -0.15) is 0 Å². The van der Waals surface area contributed by atoms with Crippen LogP contribution in [0.2, 0.25) is 5.02 Å². The maximum Gasteiger partial charge on any atom is 0.135 e. The number of nitrogens with zero attached hydrogens (tertiary/aromatic N) is 1. The summed E-state index contributed by atoms with van der Waals surface area (Å²) in [4.78, 5) is 2.36. The van der Waals surface area contributed by atoms with Gasteiger partial charge in [0.2, 0.25) is 0 Å². The van der Waals surface area contributed by atoms with Crippen LogP contribution in [-0.2, 0) is 11.3 Å². The number of rotatable bonds is 2. The van der Waals surface area contributed by atoms with Gasteiger partial charge < -0.3 is 9.15 Å². The highest BCUT2D eigenvalue weighted by molar-refractivity contribution is 6.35. The molecule has 3 nitrogen and oxygen atoms in total. The Kier molecular flexibility index (Phi) is 3.05. The molecule has 0 bridgehead atoms. The lowest BCUT2D eigenvalue weighted by Crippen LogP contribution is -2.35. The van der Waals surface area contributed by atoms with E-state index in [0.29, 0.717) is 0 Å². The number of halogens is 1. The second kappa shape index (κ2) is 4.69. The SMILES string of the molecule is Clc1cccc2occ(CN3CCOCC3)c12. The van der Waals surface area contributed by atoms with Crippen molar-refractivity contribution in [2.75, 3.05) is 26.3 Å². The predicted molar refractivity (Wildman–Crippen MR) is 67.3 cm³/mol. The summed E-state index contributed by atoms with van der Waals surface area (Å²) in [7, 11) is 0. The van der Waals surface area contributed by atoms with Crippen LogP contribution in [0.4, 0.5) is 0 Å². The van der Waals surface area contributed by atoms with Gasteiger partial charge in [0.15, 0.2) is 0 Å². The number of hydrogen-bond donors (Lipinski definition) is 0. The third-order valence-electron chi connectivity index (χ3n) is 3.12. The molecule has 0 aliphatic carbocycles. The molecule has 0 spiro atoms. The zero-order valence-corrected chi connectivity index (χ0v) is 10.2. The summed E-state index contributed by atoms with van der Waals surface area (Å²) in [6.07, 6.45) is 1.81. The first-order valence-corrected chi connectivity index (χ1v) is 6.17. The smallest absolute Gasteiger partial charge is 0.135 e. The van der Waals surface area contributed by atoms with E-state index in [1.807, 2.05) is 24.5 Å². The van der Waals surface area contributed by atoms with E-state index >= 15 is 0 Å². The number of furan rings is 1.